The van der Waals surface area contributed by atoms with Crippen LogP contribution >= 0.6 is 0 Å². The minimum atomic E-state index is -4.48. The molecule has 2 heterocycles. The van der Waals surface area contributed by atoms with Crippen LogP contribution in [0.4, 0.5) is 13.2 Å². The fourth-order valence-electron chi connectivity index (χ4n) is 4.31. The molecule has 0 spiro atoms. The number of carbonyl (C=O) groups is 1. The Bertz CT molecular complexity index is 1280. The fourth-order valence-corrected chi connectivity index (χ4v) is 4.31. The van der Waals surface area contributed by atoms with Crippen LogP contribution < -0.4 is 11.0 Å². The van der Waals surface area contributed by atoms with Crippen LogP contribution in [0.3, 0.4) is 0 Å². The lowest BCUT2D eigenvalue weighted by Crippen LogP contribution is -2.44. The molecule has 1 aromatic heterocycles. The molecule has 1 unspecified atom stereocenters. The van der Waals surface area contributed by atoms with Crippen LogP contribution in [0.2, 0.25) is 0 Å². The lowest BCUT2D eigenvalue weighted by molar-refractivity contribution is -0.141. The van der Waals surface area contributed by atoms with E-state index < -0.39 is 24.7 Å². The van der Waals surface area contributed by atoms with Crippen LogP contribution in [0.1, 0.15) is 43.5 Å². The van der Waals surface area contributed by atoms with E-state index in [0.717, 1.165) is 11.1 Å². The average molecular weight is 500 g/mol. The van der Waals surface area contributed by atoms with Crippen molar-refractivity contribution in [2.24, 2.45) is 0 Å². The first kappa shape index (κ1) is 25.4. The van der Waals surface area contributed by atoms with Gasteiger partial charge in [-0.1, -0.05) is 48.5 Å². The Hall–Kier alpha value is -3.66. The summed E-state index contributed by atoms with van der Waals surface area (Å²) in [5.41, 5.74) is 3.21. The minimum Gasteiger partial charge on any atom is -0.345 e. The van der Waals surface area contributed by atoms with E-state index in [2.05, 4.69) is 5.10 Å². The topological polar surface area (TPSA) is 72.2 Å². The summed E-state index contributed by atoms with van der Waals surface area (Å²) in [6.45, 7) is 3.34. The minimum absolute atomic E-state index is 0.0383. The van der Waals surface area contributed by atoms with E-state index in [0.29, 0.717) is 30.8 Å². The maximum atomic E-state index is 12.8. The molecule has 0 radical (unpaired) electrons. The molecule has 3 aromatic rings. The molecule has 2 aromatic carbocycles. The SMILES string of the molecule is CC(C)n1ncn(-c2ccc(C3=CCN(C(C(=O)NCC(F)(F)F)c4ccccc4)CC3)cc2)c1=O. The maximum absolute atomic E-state index is 12.8. The molecule has 4 rings (SSSR count). The Balaban J connectivity index is 1.50. The molecule has 1 N–H and O–H groups in total. The first-order chi connectivity index (χ1) is 17.1. The second-order valence-corrected chi connectivity index (χ2v) is 8.99. The highest BCUT2D eigenvalue weighted by molar-refractivity contribution is 5.83. The zero-order valence-corrected chi connectivity index (χ0v) is 20.1. The third kappa shape index (κ3) is 5.76. The molecule has 1 aliphatic heterocycles. The number of nitrogens with one attached hydrogen (secondary N) is 1. The fraction of sp³-hybridized carbons (Fsp3) is 0.346. The van der Waals surface area contributed by atoms with Crippen molar-refractivity contribution in [3.8, 4) is 5.69 Å². The molecule has 36 heavy (non-hydrogen) atoms. The Morgan fingerprint density at radius 3 is 2.33 bits per heavy atom. The molecular formula is C26H28F3N5O2. The van der Waals surface area contributed by atoms with Gasteiger partial charge < -0.3 is 5.32 Å². The third-order valence-electron chi connectivity index (χ3n) is 6.13. The number of nitrogens with zero attached hydrogens (tertiary/aromatic N) is 4. The van der Waals surface area contributed by atoms with Crippen LogP contribution in [0.25, 0.3) is 11.3 Å². The zero-order chi connectivity index (χ0) is 25.9. The summed E-state index contributed by atoms with van der Waals surface area (Å²) < 4.78 is 41.0. The predicted molar refractivity (Wildman–Crippen MR) is 131 cm³/mol. The molecule has 0 aliphatic carbocycles. The van der Waals surface area contributed by atoms with Crippen molar-refractivity contribution in [3.05, 3.63) is 88.6 Å². The molecule has 1 amide bonds. The number of hydrogen-bond donors (Lipinski definition) is 1. The van der Waals surface area contributed by atoms with Gasteiger partial charge in [-0.3, -0.25) is 9.69 Å². The molecule has 1 atom stereocenters. The van der Waals surface area contributed by atoms with E-state index >= 15 is 0 Å². The summed E-state index contributed by atoms with van der Waals surface area (Å²) >= 11 is 0. The number of benzene rings is 2. The number of amides is 1. The highest BCUT2D eigenvalue weighted by Crippen LogP contribution is 2.29. The average Bonchev–Trinajstić information content (AvgIpc) is 3.25. The molecule has 0 fully saturated rings. The van der Waals surface area contributed by atoms with E-state index in [9.17, 15) is 22.8 Å². The smallest absolute Gasteiger partial charge is 0.345 e. The van der Waals surface area contributed by atoms with Gasteiger partial charge in [-0.25, -0.2) is 14.0 Å². The van der Waals surface area contributed by atoms with Crippen molar-refractivity contribution in [1.29, 1.82) is 0 Å². The number of alkyl halides is 3. The second kappa shape index (κ2) is 10.5. The summed E-state index contributed by atoms with van der Waals surface area (Å²) in [6, 6.07) is 15.5. The highest BCUT2D eigenvalue weighted by Gasteiger charge is 2.33. The lowest BCUT2D eigenvalue weighted by atomic mass is 9.96. The largest absolute Gasteiger partial charge is 0.405 e. The maximum Gasteiger partial charge on any atom is 0.405 e. The van der Waals surface area contributed by atoms with Gasteiger partial charge in [-0.05, 0) is 49.1 Å². The molecule has 0 bridgehead atoms. The number of aromatic nitrogens is 3. The van der Waals surface area contributed by atoms with Crippen LogP contribution in [0, 0.1) is 0 Å². The van der Waals surface area contributed by atoms with Gasteiger partial charge in [0.2, 0.25) is 5.91 Å². The lowest BCUT2D eigenvalue weighted by Gasteiger charge is -2.33. The van der Waals surface area contributed by atoms with Crippen molar-refractivity contribution in [1.82, 2.24) is 24.6 Å². The molecular weight excluding hydrogens is 471 g/mol. The van der Waals surface area contributed by atoms with Crippen LogP contribution in [-0.4, -0.2) is 51.0 Å². The monoisotopic (exact) mass is 499 g/mol. The summed E-state index contributed by atoms with van der Waals surface area (Å²) in [6.07, 6.45) is -0.353. The summed E-state index contributed by atoms with van der Waals surface area (Å²) in [4.78, 5) is 27.2. The van der Waals surface area contributed by atoms with Gasteiger partial charge in [0.25, 0.3) is 0 Å². The van der Waals surface area contributed by atoms with Crippen molar-refractivity contribution < 1.29 is 18.0 Å². The summed E-state index contributed by atoms with van der Waals surface area (Å²) in [5, 5.41) is 6.18. The van der Waals surface area contributed by atoms with Gasteiger partial charge in [0.1, 0.15) is 18.9 Å². The molecule has 1 aliphatic rings. The van der Waals surface area contributed by atoms with Crippen molar-refractivity contribution in [2.45, 2.75) is 38.5 Å². The Kier molecular flexibility index (Phi) is 7.44. The van der Waals surface area contributed by atoms with Gasteiger partial charge >= 0.3 is 11.9 Å². The number of carbonyl (C=O) groups excluding carboxylic acids is 1. The second-order valence-electron chi connectivity index (χ2n) is 8.99. The summed E-state index contributed by atoms with van der Waals surface area (Å²) in [5.74, 6) is -0.674. The first-order valence-corrected chi connectivity index (χ1v) is 11.7. The predicted octanol–water partition coefficient (Wildman–Crippen LogP) is 4.12. The Labute approximate surface area is 206 Å². The van der Waals surface area contributed by atoms with E-state index in [4.69, 9.17) is 0 Å². The van der Waals surface area contributed by atoms with Crippen LogP contribution in [0.5, 0.6) is 0 Å². The van der Waals surface area contributed by atoms with Crippen molar-refractivity contribution in [2.75, 3.05) is 19.6 Å². The number of halogens is 3. The summed E-state index contributed by atoms with van der Waals surface area (Å²) in [7, 11) is 0. The van der Waals surface area contributed by atoms with Gasteiger partial charge in [0.05, 0.1) is 11.7 Å². The van der Waals surface area contributed by atoms with E-state index in [1.807, 2.05) is 54.4 Å². The third-order valence-corrected chi connectivity index (χ3v) is 6.13. The van der Waals surface area contributed by atoms with Crippen molar-refractivity contribution in [3.63, 3.8) is 0 Å². The van der Waals surface area contributed by atoms with Gasteiger partial charge in [-0.15, -0.1) is 0 Å². The molecule has 10 heteroatoms. The first-order valence-electron chi connectivity index (χ1n) is 11.7. The van der Waals surface area contributed by atoms with E-state index in [-0.39, 0.29) is 11.7 Å². The van der Waals surface area contributed by atoms with Gasteiger partial charge in [0, 0.05) is 13.1 Å². The quantitative estimate of drug-likeness (QED) is 0.531. The normalized spacial score (nSPS) is 15.6. The van der Waals surface area contributed by atoms with Crippen LogP contribution in [-0.2, 0) is 4.79 Å². The van der Waals surface area contributed by atoms with Crippen LogP contribution in [0.15, 0.2) is 71.8 Å². The van der Waals surface area contributed by atoms with E-state index in [1.54, 1.807) is 30.3 Å². The highest BCUT2D eigenvalue weighted by atomic mass is 19.4. The number of hydrogen-bond acceptors (Lipinski definition) is 4. The Morgan fingerprint density at radius 1 is 1.08 bits per heavy atom. The molecule has 7 nitrogen and oxygen atoms in total. The van der Waals surface area contributed by atoms with Gasteiger partial charge in [0.15, 0.2) is 0 Å². The molecule has 0 saturated heterocycles. The standard InChI is InChI=1S/C26H28F3N5O2/c1-18(2)34-25(36)33(17-31-34)22-10-8-19(9-11-22)20-12-14-32(15-13-20)23(21-6-4-3-5-7-21)24(35)30-16-26(27,28)29/h3-12,17-18,23H,13-16H2,1-2H3,(H,30,35). The molecule has 0 saturated carbocycles. The molecule has 190 valence electrons. The number of rotatable bonds is 7. The zero-order valence-electron chi connectivity index (χ0n) is 20.1. The van der Waals surface area contributed by atoms with E-state index in [1.165, 1.54) is 15.6 Å². The van der Waals surface area contributed by atoms with Crippen molar-refractivity contribution >= 4 is 11.5 Å². The van der Waals surface area contributed by atoms with Gasteiger partial charge in [-0.2, -0.15) is 18.3 Å². The Morgan fingerprint density at radius 2 is 1.78 bits per heavy atom.